The summed E-state index contributed by atoms with van der Waals surface area (Å²) in [6.45, 7) is 3.95. The Kier molecular flexibility index (Phi) is 3.81. The molecule has 0 unspecified atom stereocenters. The van der Waals surface area contributed by atoms with E-state index in [4.69, 9.17) is 11.6 Å². The normalized spacial score (nSPS) is 11.3. The van der Waals surface area contributed by atoms with Gasteiger partial charge in [-0.15, -0.1) is 11.3 Å². The average molecular weight is 275 g/mol. The van der Waals surface area contributed by atoms with Crippen molar-refractivity contribution in [1.29, 1.82) is 5.26 Å². The first-order valence-corrected chi connectivity index (χ1v) is 6.61. The lowest BCUT2D eigenvalue weighted by Crippen LogP contribution is -1.81. The van der Waals surface area contributed by atoms with E-state index in [9.17, 15) is 5.26 Å². The van der Waals surface area contributed by atoms with Crippen molar-refractivity contribution in [2.24, 2.45) is 0 Å². The van der Waals surface area contributed by atoms with Crippen LogP contribution in [0.2, 0.25) is 5.02 Å². The molecule has 0 saturated heterocycles. The first kappa shape index (κ1) is 12.8. The molecule has 0 saturated carbocycles. The van der Waals surface area contributed by atoms with Crippen molar-refractivity contribution < 1.29 is 0 Å². The van der Waals surface area contributed by atoms with Gasteiger partial charge in [-0.3, -0.25) is 0 Å². The van der Waals surface area contributed by atoms with Gasteiger partial charge in [-0.2, -0.15) is 5.26 Å². The molecule has 0 spiro atoms. The molecule has 2 rings (SSSR count). The Hall–Kier alpha value is -1.63. The van der Waals surface area contributed by atoms with Gasteiger partial charge in [0.15, 0.2) is 0 Å². The van der Waals surface area contributed by atoms with E-state index in [1.807, 2.05) is 44.2 Å². The van der Waals surface area contributed by atoms with Crippen molar-refractivity contribution in [3.05, 3.63) is 50.4 Å². The van der Waals surface area contributed by atoms with E-state index >= 15 is 0 Å². The summed E-state index contributed by atoms with van der Waals surface area (Å²) >= 11 is 7.46. The summed E-state index contributed by atoms with van der Waals surface area (Å²) in [5.74, 6) is 0. The Labute approximate surface area is 115 Å². The van der Waals surface area contributed by atoms with E-state index in [0.717, 1.165) is 21.1 Å². The zero-order chi connectivity index (χ0) is 13.1. The van der Waals surface area contributed by atoms with Gasteiger partial charge in [0.2, 0.25) is 0 Å². The minimum Gasteiger partial charge on any atom is -0.240 e. The van der Waals surface area contributed by atoms with Gasteiger partial charge in [0.25, 0.3) is 0 Å². The van der Waals surface area contributed by atoms with Gasteiger partial charge >= 0.3 is 0 Å². The maximum Gasteiger partial charge on any atom is 0.134 e. The number of nitrogens with zero attached hydrogens (tertiary/aromatic N) is 2. The lowest BCUT2D eigenvalue weighted by molar-refractivity contribution is 1.21. The van der Waals surface area contributed by atoms with Gasteiger partial charge in [0.1, 0.15) is 11.1 Å². The SMILES string of the molecule is Cc1nc(/C(C#N)=C/c2cccc(Cl)c2)sc1C. The van der Waals surface area contributed by atoms with Crippen molar-refractivity contribution >= 4 is 34.6 Å². The van der Waals surface area contributed by atoms with Crippen LogP contribution in [-0.2, 0) is 0 Å². The Morgan fingerprint density at radius 2 is 2.22 bits per heavy atom. The fourth-order valence-corrected chi connectivity index (χ4v) is 2.57. The highest BCUT2D eigenvalue weighted by molar-refractivity contribution is 7.12. The number of thiazole rings is 1. The molecule has 0 aliphatic heterocycles. The fraction of sp³-hybridized carbons (Fsp3) is 0.143. The predicted octanol–water partition coefficient (Wildman–Crippen LogP) is 4.48. The summed E-state index contributed by atoms with van der Waals surface area (Å²) in [6.07, 6.45) is 1.81. The molecule has 0 aliphatic carbocycles. The van der Waals surface area contributed by atoms with Crippen LogP contribution in [0.3, 0.4) is 0 Å². The lowest BCUT2D eigenvalue weighted by Gasteiger charge is -1.96. The van der Waals surface area contributed by atoms with Gasteiger partial charge < -0.3 is 0 Å². The van der Waals surface area contributed by atoms with E-state index in [0.29, 0.717) is 10.6 Å². The number of aromatic nitrogens is 1. The minimum atomic E-state index is 0.568. The standard InChI is InChI=1S/C14H11ClN2S/c1-9-10(2)18-14(17-9)12(8-16)6-11-4-3-5-13(15)7-11/h3-7H,1-2H3/b12-6+. The summed E-state index contributed by atoms with van der Waals surface area (Å²) in [4.78, 5) is 5.53. The Balaban J connectivity index is 2.43. The van der Waals surface area contributed by atoms with Crippen molar-refractivity contribution in [2.45, 2.75) is 13.8 Å². The summed E-state index contributed by atoms with van der Waals surface area (Å²) in [5.41, 5.74) is 2.45. The third kappa shape index (κ3) is 2.79. The van der Waals surface area contributed by atoms with Crippen molar-refractivity contribution in [3.63, 3.8) is 0 Å². The molecular weight excluding hydrogens is 264 g/mol. The first-order chi connectivity index (χ1) is 8.60. The molecule has 2 nitrogen and oxygen atoms in total. The van der Waals surface area contributed by atoms with Crippen LogP contribution in [0.1, 0.15) is 21.1 Å². The third-order valence-corrected chi connectivity index (χ3v) is 3.88. The third-order valence-electron chi connectivity index (χ3n) is 2.54. The summed E-state index contributed by atoms with van der Waals surface area (Å²) in [7, 11) is 0. The Bertz CT molecular complexity index is 631. The molecule has 0 fully saturated rings. The highest BCUT2D eigenvalue weighted by atomic mass is 35.5. The van der Waals surface area contributed by atoms with E-state index in [2.05, 4.69) is 11.1 Å². The maximum atomic E-state index is 9.23. The number of halogens is 1. The first-order valence-electron chi connectivity index (χ1n) is 5.42. The quantitative estimate of drug-likeness (QED) is 0.757. The molecule has 1 heterocycles. The lowest BCUT2D eigenvalue weighted by atomic mass is 10.1. The number of hydrogen-bond donors (Lipinski definition) is 0. The monoisotopic (exact) mass is 274 g/mol. The summed E-state index contributed by atoms with van der Waals surface area (Å²) in [6, 6.07) is 9.60. The van der Waals surface area contributed by atoms with E-state index in [1.165, 1.54) is 11.3 Å². The average Bonchev–Trinajstić information content (AvgIpc) is 2.66. The van der Waals surface area contributed by atoms with Gasteiger partial charge in [0.05, 0.1) is 11.3 Å². The molecule has 0 bridgehead atoms. The van der Waals surface area contributed by atoms with Crippen LogP contribution in [0.25, 0.3) is 11.6 Å². The van der Waals surface area contributed by atoms with Crippen LogP contribution in [-0.4, -0.2) is 4.98 Å². The zero-order valence-corrected chi connectivity index (χ0v) is 11.6. The molecular formula is C14H11ClN2S. The second-order valence-electron chi connectivity index (χ2n) is 3.89. The number of benzene rings is 1. The number of rotatable bonds is 2. The van der Waals surface area contributed by atoms with Crippen LogP contribution in [0.5, 0.6) is 0 Å². The number of nitriles is 1. The minimum absolute atomic E-state index is 0.568. The Morgan fingerprint density at radius 3 is 2.78 bits per heavy atom. The molecule has 0 aliphatic rings. The zero-order valence-electron chi connectivity index (χ0n) is 10.1. The van der Waals surface area contributed by atoms with Crippen LogP contribution in [0, 0.1) is 25.2 Å². The van der Waals surface area contributed by atoms with Crippen LogP contribution in [0.4, 0.5) is 0 Å². The highest BCUT2D eigenvalue weighted by Crippen LogP contribution is 2.25. The second-order valence-corrected chi connectivity index (χ2v) is 5.53. The smallest absolute Gasteiger partial charge is 0.134 e. The van der Waals surface area contributed by atoms with Crippen LogP contribution < -0.4 is 0 Å². The van der Waals surface area contributed by atoms with Gasteiger partial charge in [-0.1, -0.05) is 23.7 Å². The molecule has 2 aromatic rings. The Morgan fingerprint density at radius 1 is 1.44 bits per heavy atom. The number of hydrogen-bond acceptors (Lipinski definition) is 3. The molecule has 18 heavy (non-hydrogen) atoms. The molecule has 90 valence electrons. The number of allylic oxidation sites excluding steroid dienone is 1. The maximum absolute atomic E-state index is 9.23. The van der Waals surface area contributed by atoms with Gasteiger partial charge in [-0.25, -0.2) is 4.98 Å². The molecule has 0 radical (unpaired) electrons. The van der Waals surface area contributed by atoms with Crippen molar-refractivity contribution in [3.8, 4) is 6.07 Å². The summed E-state index contributed by atoms with van der Waals surface area (Å²) < 4.78 is 0. The molecule has 0 N–H and O–H groups in total. The van der Waals surface area contributed by atoms with Gasteiger partial charge in [-0.05, 0) is 37.6 Å². The van der Waals surface area contributed by atoms with Crippen LogP contribution in [0.15, 0.2) is 24.3 Å². The molecule has 1 aromatic heterocycles. The molecule has 0 atom stereocenters. The fourth-order valence-electron chi connectivity index (χ4n) is 1.49. The highest BCUT2D eigenvalue weighted by Gasteiger charge is 2.08. The van der Waals surface area contributed by atoms with E-state index < -0.39 is 0 Å². The van der Waals surface area contributed by atoms with Gasteiger partial charge in [0, 0.05) is 9.90 Å². The molecule has 0 amide bonds. The van der Waals surface area contributed by atoms with Crippen molar-refractivity contribution in [1.82, 2.24) is 4.98 Å². The number of aryl methyl sites for hydroxylation is 2. The largest absolute Gasteiger partial charge is 0.240 e. The van der Waals surface area contributed by atoms with Crippen LogP contribution >= 0.6 is 22.9 Å². The van der Waals surface area contributed by atoms with E-state index in [-0.39, 0.29) is 0 Å². The predicted molar refractivity (Wildman–Crippen MR) is 76.5 cm³/mol. The second kappa shape index (κ2) is 5.34. The van der Waals surface area contributed by atoms with E-state index in [1.54, 1.807) is 0 Å². The molecule has 1 aromatic carbocycles. The van der Waals surface area contributed by atoms with Crippen molar-refractivity contribution in [2.75, 3.05) is 0 Å². The molecule has 4 heteroatoms. The topological polar surface area (TPSA) is 36.7 Å². The summed E-state index contributed by atoms with van der Waals surface area (Å²) in [5, 5.41) is 10.6.